The molecule has 0 spiro atoms. The van der Waals surface area contributed by atoms with E-state index < -0.39 is 0 Å². The van der Waals surface area contributed by atoms with E-state index in [-0.39, 0.29) is 0 Å². The Labute approximate surface area is 110 Å². The molecule has 5 nitrogen and oxygen atoms in total. The van der Waals surface area contributed by atoms with E-state index in [1.807, 2.05) is 48.5 Å². The van der Waals surface area contributed by atoms with Crippen LogP contribution in [0.3, 0.4) is 0 Å². The minimum absolute atomic E-state index is 0.393. The predicted molar refractivity (Wildman–Crippen MR) is 71.3 cm³/mol. The largest absolute Gasteiger partial charge is 0.402 e. The van der Waals surface area contributed by atoms with Gasteiger partial charge in [0, 0.05) is 12.7 Å². The molecule has 2 heterocycles. The Morgan fingerprint density at radius 3 is 2.58 bits per heavy atom. The lowest BCUT2D eigenvalue weighted by atomic mass is 10.2. The molecule has 5 heteroatoms. The zero-order chi connectivity index (χ0) is 12.9. The van der Waals surface area contributed by atoms with Crippen molar-refractivity contribution in [3.8, 4) is 11.6 Å². The number of nitrogens with zero attached hydrogens (tertiary/aromatic N) is 3. The van der Waals surface area contributed by atoms with E-state index in [2.05, 4.69) is 20.5 Å². The second kappa shape index (κ2) is 5.30. The van der Waals surface area contributed by atoms with E-state index in [1.165, 1.54) is 0 Å². The molecule has 0 radical (unpaired) electrons. The first-order valence-corrected chi connectivity index (χ1v) is 5.94. The SMILES string of the molecule is c1ccc(CNc2nnc(-c3ccccn3)o2)cc1. The molecule has 0 saturated heterocycles. The van der Waals surface area contributed by atoms with Crippen LogP contribution in [0.15, 0.2) is 59.1 Å². The number of aromatic nitrogens is 3. The summed E-state index contributed by atoms with van der Waals surface area (Å²) in [6, 6.07) is 16.0. The maximum Gasteiger partial charge on any atom is 0.316 e. The first-order valence-electron chi connectivity index (χ1n) is 5.94. The van der Waals surface area contributed by atoms with Gasteiger partial charge in [-0.1, -0.05) is 41.5 Å². The average Bonchev–Trinajstić information content (AvgIpc) is 2.96. The number of rotatable bonds is 4. The molecule has 1 N–H and O–H groups in total. The molecule has 0 aliphatic carbocycles. The summed E-state index contributed by atoms with van der Waals surface area (Å²) >= 11 is 0. The highest BCUT2D eigenvalue weighted by molar-refractivity contribution is 5.46. The fraction of sp³-hybridized carbons (Fsp3) is 0.0714. The molecule has 3 rings (SSSR count). The van der Waals surface area contributed by atoms with Crippen LogP contribution in [0.2, 0.25) is 0 Å². The fourth-order valence-electron chi connectivity index (χ4n) is 1.66. The van der Waals surface area contributed by atoms with E-state index >= 15 is 0 Å². The maximum absolute atomic E-state index is 5.50. The third-order valence-corrected chi connectivity index (χ3v) is 2.60. The quantitative estimate of drug-likeness (QED) is 0.773. The molecule has 0 atom stereocenters. The van der Waals surface area contributed by atoms with Crippen LogP contribution in [-0.2, 0) is 6.54 Å². The normalized spacial score (nSPS) is 10.3. The van der Waals surface area contributed by atoms with Gasteiger partial charge in [-0.15, -0.1) is 5.10 Å². The number of nitrogens with one attached hydrogen (secondary N) is 1. The van der Waals surface area contributed by atoms with E-state index in [9.17, 15) is 0 Å². The minimum Gasteiger partial charge on any atom is -0.402 e. The van der Waals surface area contributed by atoms with Gasteiger partial charge in [0.05, 0.1) is 0 Å². The van der Waals surface area contributed by atoms with Gasteiger partial charge in [-0.05, 0) is 17.7 Å². The van der Waals surface area contributed by atoms with Crippen molar-refractivity contribution in [3.05, 3.63) is 60.3 Å². The summed E-state index contributed by atoms with van der Waals surface area (Å²) in [5, 5.41) is 11.0. The van der Waals surface area contributed by atoms with Crippen LogP contribution in [0.1, 0.15) is 5.56 Å². The Bertz CT molecular complexity index is 637. The first-order chi connectivity index (χ1) is 9.42. The van der Waals surface area contributed by atoms with Crippen molar-refractivity contribution in [3.63, 3.8) is 0 Å². The standard InChI is InChI=1S/C14H12N4O/c1-2-6-11(7-3-1)10-16-14-18-17-13(19-14)12-8-4-5-9-15-12/h1-9H,10H2,(H,16,18). The van der Waals surface area contributed by atoms with Crippen molar-refractivity contribution in [1.82, 2.24) is 15.2 Å². The molecule has 0 saturated carbocycles. The van der Waals surface area contributed by atoms with Crippen molar-refractivity contribution in [2.45, 2.75) is 6.54 Å². The number of anilines is 1. The molecule has 94 valence electrons. The van der Waals surface area contributed by atoms with Crippen LogP contribution in [-0.4, -0.2) is 15.2 Å². The molecule has 1 aromatic carbocycles. The summed E-state index contributed by atoms with van der Waals surface area (Å²) in [6.07, 6.45) is 1.69. The molecule has 0 fully saturated rings. The number of hydrogen-bond donors (Lipinski definition) is 1. The van der Waals surface area contributed by atoms with E-state index in [0.717, 1.165) is 5.56 Å². The van der Waals surface area contributed by atoms with Crippen LogP contribution >= 0.6 is 0 Å². The maximum atomic E-state index is 5.50. The van der Waals surface area contributed by atoms with Crippen molar-refractivity contribution < 1.29 is 4.42 Å². The highest BCUT2D eigenvalue weighted by Gasteiger charge is 2.08. The Morgan fingerprint density at radius 1 is 0.947 bits per heavy atom. The summed E-state index contributed by atoms with van der Waals surface area (Å²) in [7, 11) is 0. The summed E-state index contributed by atoms with van der Waals surface area (Å²) in [6.45, 7) is 0.644. The number of pyridine rings is 1. The van der Waals surface area contributed by atoms with Crippen LogP contribution in [0.5, 0.6) is 0 Å². The van der Waals surface area contributed by atoms with Gasteiger partial charge in [0.25, 0.3) is 5.89 Å². The molecular formula is C14H12N4O. The highest BCUT2D eigenvalue weighted by Crippen LogP contribution is 2.17. The van der Waals surface area contributed by atoms with E-state index in [1.54, 1.807) is 6.20 Å². The lowest BCUT2D eigenvalue weighted by molar-refractivity contribution is 0.578. The lowest BCUT2D eigenvalue weighted by Gasteiger charge is -2.00. The minimum atomic E-state index is 0.393. The Hall–Kier alpha value is -2.69. The van der Waals surface area contributed by atoms with Crippen molar-refractivity contribution in [1.29, 1.82) is 0 Å². The topological polar surface area (TPSA) is 63.8 Å². The van der Waals surface area contributed by atoms with Gasteiger partial charge in [0.1, 0.15) is 5.69 Å². The zero-order valence-corrected chi connectivity index (χ0v) is 10.2. The highest BCUT2D eigenvalue weighted by atomic mass is 16.4. The number of benzene rings is 1. The molecular weight excluding hydrogens is 240 g/mol. The molecule has 19 heavy (non-hydrogen) atoms. The van der Waals surface area contributed by atoms with Crippen molar-refractivity contribution >= 4 is 6.01 Å². The molecule has 0 aliphatic rings. The molecule has 0 unspecified atom stereocenters. The summed E-state index contributed by atoms with van der Waals surface area (Å²) < 4.78 is 5.50. The summed E-state index contributed by atoms with van der Waals surface area (Å²) in [5.74, 6) is 0.413. The predicted octanol–water partition coefficient (Wildman–Crippen LogP) is 2.74. The van der Waals surface area contributed by atoms with Gasteiger partial charge in [-0.2, -0.15) is 0 Å². The lowest BCUT2D eigenvalue weighted by Crippen LogP contribution is -1.98. The van der Waals surface area contributed by atoms with Crippen molar-refractivity contribution in [2.24, 2.45) is 0 Å². The summed E-state index contributed by atoms with van der Waals surface area (Å²) in [4.78, 5) is 4.16. The molecule has 0 aliphatic heterocycles. The van der Waals surface area contributed by atoms with Gasteiger partial charge in [-0.3, -0.25) is 4.98 Å². The molecule has 0 amide bonds. The van der Waals surface area contributed by atoms with Crippen LogP contribution in [0.25, 0.3) is 11.6 Å². The van der Waals surface area contributed by atoms with Gasteiger partial charge >= 0.3 is 6.01 Å². The van der Waals surface area contributed by atoms with Crippen LogP contribution < -0.4 is 5.32 Å². The van der Waals surface area contributed by atoms with E-state index in [0.29, 0.717) is 24.1 Å². The smallest absolute Gasteiger partial charge is 0.316 e. The zero-order valence-electron chi connectivity index (χ0n) is 10.2. The third kappa shape index (κ3) is 2.77. The molecule has 3 aromatic rings. The molecule has 2 aromatic heterocycles. The Morgan fingerprint density at radius 2 is 1.79 bits per heavy atom. The first kappa shape index (κ1) is 11.4. The van der Waals surface area contributed by atoms with Crippen molar-refractivity contribution in [2.75, 3.05) is 5.32 Å². The monoisotopic (exact) mass is 252 g/mol. The van der Waals surface area contributed by atoms with Gasteiger partial charge in [0.15, 0.2) is 0 Å². The Balaban J connectivity index is 1.69. The van der Waals surface area contributed by atoms with Gasteiger partial charge in [0.2, 0.25) is 0 Å². The van der Waals surface area contributed by atoms with Crippen LogP contribution in [0.4, 0.5) is 6.01 Å². The second-order valence-corrected chi connectivity index (χ2v) is 3.97. The average molecular weight is 252 g/mol. The summed E-state index contributed by atoms with van der Waals surface area (Å²) in [5.41, 5.74) is 1.82. The van der Waals surface area contributed by atoms with E-state index in [4.69, 9.17) is 4.42 Å². The molecule has 0 bridgehead atoms. The van der Waals surface area contributed by atoms with Gasteiger partial charge in [-0.25, -0.2) is 0 Å². The van der Waals surface area contributed by atoms with Crippen LogP contribution in [0, 0.1) is 0 Å². The second-order valence-electron chi connectivity index (χ2n) is 3.97. The van der Waals surface area contributed by atoms with Gasteiger partial charge < -0.3 is 9.73 Å². The number of hydrogen-bond acceptors (Lipinski definition) is 5. The Kier molecular flexibility index (Phi) is 3.18. The fourth-order valence-corrected chi connectivity index (χ4v) is 1.66. The third-order valence-electron chi connectivity index (χ3n) is 2.60.